The Morgan fingerprint density at radius 2 is 1.77 bits per heavy atom. The van der Waals surface area contributed by atoms with E-state index >= 15 is 0 Å². The minimum absolute atomic E-state index is 0. The molecule has 2 aromatic rings. The van der Waals surface area contributed by atoms with E-state index in [1.165, 1.54) is 0 Å². The topological polar surface area (TPSA) is 82.6 Å². The van der Waals surface area contributed by atoms with Gasteiger partial charge in [0.2, 0.25) is 10.0 Å². The second-order valence-corrected chi connectivity index (χ2v) is 9.22. The van der Waals surface area contributed by atoms with Crippen LogP contribution in [0.25, 0.3) is 0 Å². The summed E-state index contributed by atoms with van der Waals surface area (Å²) in [5.74, 6) is 0.606. The standard InChI is InChI=1S/C21H29ClN4O2S.HI/c1-16(2)26-29(27,28)15-19-9-5-4-8-18(19)14-25-21(23-3)24-12-11-17-7-6-10-20(22)13-17;/h4-10,13,16,26H,11-12,14-15H2,1-3H3,(H2,23,24,25);1H. The first kappa shape index (κ1) is 26.7. The molecule has 0 unspecified atom stereocenters. The summed E-state index contributed by atoms with van der Waals surface area (Å²) in [6.45, 7) is 4.80. The first-order valence-electron chi connectivity index (χ1n) is 9.55. The van der Waals surface area contributed by atoms with Gasteiger partial charge in [0.25, 0.3) is 0 Å². The van der Waals surface area contributed by atoms with Gasteiger partial charge in [0.05, 0.1) is 5.75 Å². The lowest BCUT2D eigenvalue weighted by Crippen LogP contribution is -2.38. The van der Waals surface area contributed by atoms with Gasteiger partial charge >= 0.3 is 0 Å². The Labute approximate surface area is 202 Å². The van der Waals surface area contributed by atoms with Crippen molar-refractivity contribution < 1.29 is 8.42 Å². The average Bonchev–Trinajstić information content (AvgIpc) is 2.64. The highest BCUT2D eigenvalue weighted by Crippen LogP contribution is 2.13. The fourth-order valence-corrected chi connectivity index (χ4v) is 4.60. The molecule has 2 aromatic carbocycles. The van der Waals surface area contributed by atoms with E-state index in [1.54, 1.807) is 7.05 Å². The minimum atomic E-state index is -3.38. The van der Waals surface area contributed by atoms with E-state index in [2.05, 4.69) is 20.3 Å². The lowest BCUT2D eigenvalue weighted by Gasteiger charge is -2.15. The number of hydrogen-bond acceptors (Lipinski definition) is 3. The lowest BCUT2D eigenvalue weighted by molar-refractivity contribution is 0.568. The van der Waals surface area contributed by atoms with E-state index in [0.29, 0.717) is 19.0 Å². The third kappa shape index (κ3) is 9.63. The summed E-state index contributed by atoms with van der Waals surface area (Å²) >= 11 is 6.02. The molecule has 9 heteroatoms. The number of sulfonamides is 1. The molecule has 0 bridgehead atoms. The van der Waals surface area contributed by atoms with Gasteiger partial charge in [0.15, 0.2) is 5.96 Å². The molecule has 0 spiro atoms. The van der Waals surface area contributed by atoms with Crippen LogP contribution in [0.5, 0.6) is 0 Å². The predicted molar refractivity (Wildman–Crippen MR) is 136 cm³/mol. The maximum atomic E-state index is 12.3. The third-order valence-corrected chi connectivity index (χ3v) is 5.90. The lowest BCUT2D eigenvalue weighted by atomic mass is 10.1. The van der Waals surface area contributed by atoms with Gasteiger partial charge in [-0.3, -0.25) is 4.99 Å². The molecule has 166 valence electrons. The highest BCUT2D eigenvalue weighted by Gasteiger charge is 2.15. The van der Waals surface area contributed by atoms with Crippen LogP contribution in [0.3, 0.4) is 0 Å². The second-order valence-electron chi connectivity index (χ2n) is 7.03. The molecule has 0 aromatic heterocycles. The van der Waals surface area contributed by atoms with Crippen LogP contribution in [0.4, 0.5) is 0 Å². The number of guanidine groups is 1. The molecule has 0 heterocycles. The van der Waals surface area contributed by atoms with Crippen LogP contribution >= 0.6 is 35.6 Å². The van der Waals surface area contributed by atoms with Crippen LogP contribution in [0.2, 0.25) is 5.02 Å². The Balaban J connectivity index is 0.00000450. The molecular weight excluding hydrogens is 535 g/mol. The van der Waals surface area contributed by atoms with E-state index in [-0.39, 0.29) is 35.8 Å². The zero-order chi connectivity index (χ0) is 21.3. The summed E-state index contributed by atoms with van der Waals surface area (Å²) in [5.41, 5.74) is 2.83. The first-order valence-corrected chi connectivity index (χ1v) is 11.6. The van der Waals surface area contributed by atoms with Crippen LogP contribution in [-0.2, 0) is 28.7 Å². The number of aliphatic imine (C=N–C) groups is 1. The van der Waals surface area contributed by atoms with Gasteiger partial charge in [-0.1, -0.05) is 48.0 Å². The third-order valence-electron chi connectivity index (χ3n) is 4.14. The molecule has 6 nitrogen and oxygen atoms in total. The summed E-state index contributed by atoms with van der Waals surface area (Å²) in [4.78, 5) is 4.23. The normalized spacial score (nSPS) is 11.8. The maximum Gasteiger partial charge on any atom is 0.216 e. The van der Waals surface area contributed by atoms with Gasteiger partial charge in [-0.05, 0) is 49.1 Å². The Morgan fingerprint density at radius 3 is 2.40 bits per heavy atom. The summed E-state index contributed by atoms with van der Waals surface area (Å²) in [7, 11) is -1.68. The Hall–Kier alpha value is -1.36. The van der Waals surface area contributed by atoms with E-state index in [9.17, 15) is 8.42 Å². The number of hydrogen-bond donors (Lipinski definition) is 3. The number of nitrogens with one attached hydrogen (secondary N) is 3. The van der Waals surface area contributed by atoms with Gasteiger partial charge in [-0.2, -0.15) is 0 Å². The largest absolute Gasteiger partial charge is 0.356 e. The molecule has 0 aliphatic carbocycles. The van der Waals surface area contributed by atoms with Crippen molar-refractivity contribution in [2.75, 3.05) is 13.6 Å². The molecule has 0 fully saturated rings. The zero-order valence-electron chi connectivity index (χ0n) is 17.5. The monoisotopic (exact) mass is 564 g/mol. The van der Waals surface area contributed by atoms with Crippen LogP contribution < -0.4 is 15.4 Å². The average molecular weight is 565 g/mol. The Morgan fingerprint density at radius 1 is 1.07 bits per heavy atom. The fourth-order valence-electron chi connectivity index (χ4n) is 2.89. The van der Waals surface area contributed by atoms with E-state index in [1.807, 2.05) is 62.4 Å². The summed E-state index contributed by atoms with van der Waals surface area (Å²) < 4.78 is 27.2. The van der Waals surface area contributed by atoms with Crippen molar-refractivity contribution in [1.29, 1.82) is 0 Å². The van der Waals surface area contributed by atoms with Gasteiger partial charge in [0, 0.05) is 31.2 Å². The maximum absolute atomic E-state index is 12.3. The van der Waals surface area contributed by atoms with Gasteiger partial charge in [-0.15, -0.1) is 24.0 Å². The van der Waals surface area contributed by atoms with Crippen LogP contribution in [0, 0.1) is 0 Å². The van der Waals surface area contributed by atoms with Gasteiger partial charge in [-0.25, -0.2) is 13.1 Å². The van der Waals surface area contributed by atoms with Crippen LogP contribution in [0.15, 0.2) is 53.5 Å². The highest BCUT2D eigenvalue weighted by atomic mass is 127. The van der Waals surface area contributed by atoms with E-state index < -0.39 is 10.0 Å². The van der Waals surface area contributed by atoms with Crippen molar-refractivity contribution in [3.05, 3.63) is 70.2 Å². The predicted octanol–water partition coefficient (Wildman–Crippen LogP) is 3.69. The fraction of sp³-hybridized carbons (Fsp3) is 0.381. The minimum Gasteiger partial charge on any atom is -0.356 e. The zero-order valence-corrected chi connectivity index (χ0v) is 21.4. The van der Waals surface area contributed by atoms with Crippen molar-refractivity contribution in [3.8, 4) is 0 Å². The molecule has 0 saturated carbocycles. The van der Waals surface area contributed by atoms with E-state index in [0.717, 1.165) is 28.1 Å². The molecule has 30 heavy (non-hydrogen) atoms. The number of halogens is 2. The van der Waals surface area contributed by atoms with Crippen molar-refractivity contribution in [2.24, 2.45) is 4.99 Å². The van der Waals surface area contributed by atoms with Crippen LogP contribution in [0.1, 0.15) is 30.5 Å². The Bertz CT molecular complexity index is 936. The van der Waals surface area contributed by atoms with Crippen molar-refractivity contribution in [3.63, 3.8) is 0 Å². The molecule has 0 atom stereocenters. The number of benzene rings is 2. The van der Waals surface area contributed by atoms with E-state index in [4.69, 9.17) is 11.6 Å². The SMILES string of the molecule is CN=C(NCCc1cccc(Cl)c1)NCc1ccccc1CS(=O)(=O)NC(C)C.I. The van der Waals surface area contributed by atoms with Gasteiger partial charge in [0.1, 0.15) is 0 Å². The van der Waals surface area contributed by atoms with Crippen molar-refractivity contribution in [2.45, 2.75) is 38.6 Å². The summed E-state index contributed by atoms with van der Waals surface area (Å²) in [6.07, 6.45) is 0.816. The number of rotatable bonds is 9. The first-order chi connectivity index (χ1) is 13.8. The van der Waals surface area contributed by atoms with Gasteiger partial charge < -0.3 is 10.6 Å². The molecule has 0 radical (unpaired) electrons. The Kier molecular flexibility index (Phi) is 11.7. The number of nitrogens with zero attached hydrogens (tertiary/aromatic N) is 1. The summed E-state index contributed by atoms with van der Waals surface area (Å²) in [6, 6.07) is 15.1. The van der Waals surface area contributed by atoms with Crippen molar-refractivity contribution >= 4 is 51.6 Å². The molecular formula is C21H30ClIN4O2S. The smallest absolute Gasteiger partial charge is 0.216 e. The molecule has 3 N–H and O–H groups in total. The molecule has 0 aliphatic rings. The quantitative estimate of drug-likeness (QED) is 0.247. The molecule has 0 amide bonds. The molecule has 2 rings (SSSR count). The molecule has 0 saturated heterocycles. The highest BCUT2D eigenvalue weighted by molar-refractivity contribution is 14.0. The van der Waals surface area contributed by atoms with Crippen molar-refractivity contribution in [1.82, 2.24) is 15.4 Å². The second kappa shape index (κ2) is 13.1. The van der Waals surface area contributed by atoms with Crippen LogP contribution in [-0.4, -0.2) is 34.0 Å². The summed E-state index contributed by atoms with van der Waals surface area (Å²) in [5, 5.41) is 7.24. The molecule has 0 aliphatic heterocycles.